The Morgan fingerprint density at radius 1 is 1.07 bits per heavy atom. The molecule has 0 atom stereocenters. The standard InChI is InChI=1S/C32H43ClFN5O3/c1-4-6-14-39(15-7-5-2)32(40)23-11-16-38(17-12-23)13-8-18-42-30-20-25-28(21-29(30)41-3)35-22-36-31(25)37-24-9-10-27(34)26(33)19-24/h9-10,19-23H,4-8,11-18H2,1-3H3,(H,35,36,37). The highest BCUT2D eigenvalue weighted by atomic mass is 35.5. The van der Waals surface area contributed by atoms with Gasteiger partial charge in [-0.1, -0.05) is 38.3 Å². The molecule has 0 bridgehead atoms. The number of piperidine rings is 1. The molecule has 10 heteroatoms. The lowest BCUT2D eigenvalue weighted by Crippen LogP contribution is -2.43. The van der Waals surface area contributed by atoms with Crippen LogP contribution in [0.2, 0.25) is 5.02 Å². The Hall–Kier alpha value is -3.17. The number of unbranched alkanes of at least 4 members (excludes halogenated alkanes) is 2. The van der Waals surface area contributed by atoms with Crippen molar-refractivity contribution in [2.75, 3.05) is 51.8 Å². The van der Waals surface area contributed by atoms with Crippen molar-refractivity contribution in [1.29, 1.82) is 0 Å². The molecule has 0 unspecified atom stereocenters. The number of nitrogens with zero attached hydrogens (tertiary/aromatic N) is 4. The largest absolute Gasteiger partial charge is 0.493 e. The Bertz CT molecular complexity index is 1310. The van der Waals surface area contributed by atoms with Crippen molar-refractivity contribution in [3.8, 4) is 11.5 Å². The van der Waals surface area contributed by atoms with Gasteiger partial charge in [0.15, 0.2) is 11.5 Å². The van der Waals surface area contributed by atoms with Gasteiger partial charge in [-0.2, -0.15) is 0 Å². The predicted octanol–water partition coefficient (Wildman–Crippen LogP) is 7.08. The number of ether oxygens (including phenoxy) is 2. The molecule has 1 fully saturated rings. The van der Waals surface area contributed by atoms with E-state index in [1.807, 2.05) is 12.1 Å². The fourth-order valence-corrected chi connectivity index (χ4v) is 5.49. The van der Waals surface area contributed by atoms with Crippen LogP contribution < -0.4 is 14.8 Å². The normalized spacial score (nSPS) is 14.2. The molecule has 2 heterocycles. The van der Waals surface area contributed by atoms with Crippen LogP contribution in [0, 0.1) is 11.7 Å². The highest BCUT2D eigenvalue weighted by Gasteiger charge is 2.28. The molecular formula is C32H43ClFN5O3. The van der Waals surface area contributed by atoms with Crippen molar-refractivity contribution in [2.24, 2.45) is 5.92 Å². The summed E-state index contributed by atoms with van der Waals surface area (Å²) in [6.45, 7) is 9.42. The molecule has 228 valence electrons. The molecule has 4 rings (SSSR count). The van der Waals surface area contributed by atoms with Crippen LogP contribution in [0.25, 0.3) is 10.9 Å². The van der Waals surface area contributed by atoms with E-state index in [1.165, 1.54) is 18.5 Å². The number of carbonyl (C=O) groups excluding carboxylic acids is 1. The highest BCUT2D eigenvalue weighted by Crippen LogP contribution is 2.35. The molecule has 0 radical (unpaired) electrons. The number of hydrogen-bond acceptors (Lipinski definition) is 7. The van der Waals surface area contributed by atoms with Crippen molar-refractivity contribution in [3.05, 3.63) is 47.5 Å². The van der Waals surface area contributed by atoms with Gasteiger partial charge in [0.2, 0.25) is 5.91 Å². The van der Waals surface area contributed by atoms with E-state index in [-0.39, 0.29) is 10.9 Å². The fourth-order valence-electron chi connectivity index (χ4n) is 5.31. The Morgan fingerprint density at radius 3 is 2.48 bits per heavy atom. The molecule has 1 aliphatic heterocycles. The van der Waals surface area contributed by atoms with E-state index in [0.29, 0.717) is 41.0 Å². The molecule has 8 nitrogen and oxygen atoms in total. The minimum Gasteiger partial charge on any atom is -0.493 e. The monoisotopic (exact) mass is 599 g/mol. The summed E-state index contributed by atoms with van der Waals surface area (Å²) in [6.07, 6.45) is 8.51. The lowest BCUT2D eigenvalue weighted by molar-refractivity contribution is -0.137. The zero-order valence-electron chi connectivity index (χ0n) is 25.0. The molecule has 0 saturated carbocycles. The zero-order chi connectivity index (χ0) is 29.9. The molecule has 3 aromatic rings. The molecule has 1 saturated heterocycles. The number of benzene rings is 2. The van der Waals surface area contributed by atoms with E-state index in [0.717, 1.165) is 83.1 Å². The van der Waals surface area contributed by atoms with Gasteiger partial charge in [-0.15, -0.1) is 0 Å². The third-order valence-electron chi connectivity index (χ3n) is 7.79. The maximum Gasteiger partial charge on any atom is 0.225 e. The SMILES string of the molecule is CCCCN(CCCC)C(=O)C1CCN(CCCOc2cc3c(Nc4ccc(F)c(Cl)c4)ncnc3cc2OC)CC1. The van der Waals surface area contributed by atoms with E-state index in [2.05, 4.69) is 38.9 Å². The van der Waals surface area contributed by atoms with Gasteiger partial charge in [-0.3, -0.25) is 4.79 Å². The summed E-state index contributed by atoms with van der Waals surface area (Å²) in [5, 5.41) is 3.97. The number of fused-ring (bicyclic) bond motifs is 1. The van der Waals surface area contributed by atoms with Gasteiger partial charge in [-0.05, 0) is 69.5 Å². The molecule has 2 aromatic carbocycles. The van der Waals surface area contributed by atoms with Gasteiger partial charge in [0.05, 0.1) is 24.3 Å². The summed E-state index contributed by atoms with van der Waals surface area (Å²) in [5.41, 5.74) is 1.30. The molecule has 0 aliphatic carbocycles. The van der Waals surface area contributed by atoms with Crippen molar-refractivity contribution in [3.63, 3.8) is 0 Å². The number of aromatic nitrogens is 2. The topological polar surface area (TPSA) is 79.8 Å². The van der Waals surface area contributed by atoms with Crippen LogP contribution in [0.5, 0.6) is 11.5 Å². The van der Waals surface area contributed by atoms with Crippen molar-refractivity contribution >= 4 is 39.9 Å². The minimum atomic E-state index is -0.482. The zero-order valence-corrected chi connectivity index (χ0v) is 25.8. The lowest BCUT2D eigenvalue weighted by Gasteiger charge is -2.34. The number of amides is 1. The molecule has 1 amide bonds. The first-order chi connectivity index (χ1) is 20.4. The summed E-state index contributed by atoms with van der Waals surface area (Å²) < 4.78 is 25.4. The maximum atomic E-state index is 13.6. The van der Waals surface area contributed by atoms with Gasteiger partial charge in [-0.25, -0.2) is 14.4 Å². The van der Waals surface area contributed by atoms with Crippen molar-refractivity contribution in [1.82, 2.24) is 19.8 Å². The van der Waals surface area contributed by atoms with Crippen molar-refractivity contribution in [2.45, 2.75) is 58.8 Å². The quantitative estimate of drug-likeness (QED) is 0.187. The average molecular weight is 600 g/mol. The Balaban J connectivity index is 1.31. The van der Waals surface area contributed by atoms with E-state index in [9.17, 15) is 9.18 Å². The first kappa shape index (κ1) is 31.8. The Labute approximate surface area is 253 Å². The Morgan fingerprint density at radius 2 is 1.81 bits per heavy atom. The third kappa shape index (κ3) is 8.44. The van der Waals surface area contributed by atoms with E-state index in [1.54, 1.807) is 13.2 Å². The molecule has 42 heavy (non-hydrogen) atoms. The third-order valence-corrected chi connectivity index (χ3v) is 8.08. The second-order valence-electron chi connectivity index (χ2n) is 10.8. The number of likely N-dealkylation sites (tertiary alicyclic amines) is 1. The molecule has 1 aromatic heterocycles. The molecule has 1 N–H and O–H groups in total. The average Bonchev–Trinajstić information content (AvgIpc) is 3.01. The van der Waals surface area contributed by atoms with Crippen LogP contribution in [0.15, 0.2) is 36.7 Å². The summed E-state index contributed by atoms with van der Waals surface area (Å²) in [6, 6.07) is 8.10. The fraction of sp³-hybridized carbons (Fsp3) is 0.531. The van der Waals surface area contributed by atoms with E-state index >= 15 is 0 Å². The first-order valence-corrected chi connectivity index (χ1v) is 15.5. The van der Waals surface area contributed by atoms with Crippen LogP contribution in [-0.4, -0.2) is 72.1 Å². The van der Waals surface area contributed by atoms with E-state index in [4.69, 9.17) is 21.1 Å². The number of anilines is 2. The number of carbonyl (C=O) groups is 1. The highest BCUT2D eigenvalue weighted by molar-refractivity contribution is 6.31. The van der Waals surface area contributed by atoms with Crippen molar-refractivity contribution < 1.29 is 18.7 Å². The number of nitrogens with one attached hydrogen (secondary N) is 1. The van der Waals surface area contributed by atoms with Gasteiger partial charge >= 0.3 is 0 Å². The first-order valence-electron chi connectivity index (χ1n) is 15.1. The minimum absolute atomic E-state index is 0.0285. The van der Waals surface area contributed by atoms with Gasteiger partial charge in [0.1, 0.15) is 18.0 Å². The number of methoxy groups -OCH3 is 1. The van der Waals surface area contributed by atoms with Crippen LogP contribution >= 0.6 is 11.6 Å². The molecule has 0 spiro atoms. The Kier molecular flexibility index (Phi) is 12.0. The van der Waals surface area contributed by atoms with Crippen LogP contribution in [0.1, 0.15) is 58.8 Å². The molecular weight excluding hydrogens is 557 g/mol. The molecule has 1 aliphatic rings. The van der Waals surface area contributed by atoms with Crippen LogP contribution in [-0.2, 0) is 4.79 Å². The second-order valence-corrected chi connectivity index (χ2v) is 11.3. The number of halogens is 2. The summed E-state index contributed by atoms with van der Waals surface area (Å²) in [7, 11) is 1.60. The predicted molar refractivity (Wildman–Crippen MR) is 166 cm³/mol. The smallest absolute Gasteiger partial charge is 0.225 e. The lowest BCUT2D eigenvalue weighted by atomic mass is 9.95. The van der Waals surface area contributed by atoms with Gasteiger partial charge in [0.25, 0.3) is 0 Å². The number of rotatable bonds is 15. The van der Waals surface area contributed by atoms with E-state index < -0.39 is 5.82 Å². The van der Waals surface area contributed by atoms with Gasteiger partial charge < -0.3 is 24.6 Å². The summed E-state index contributed by atoms with van der Waals surface area (Å²) in [4.78, 5) is 26.5. The second kappa shape index (κ2) is 15.9. The van der Waals surface area contributed by atoms with Gasteiger partial charge in [0, 0.05) is 42.7 Å². The summed E-state index contributed by atoms with van der Waals surface area (Å²) in [5.74, 6) is 1.75. The van der Waals surface area contributed by atoms with Crippen LogP contribution in [0.3, 0.4) is 0 Å². The number of hydrogen-bond donors (Lipinski definition) is 1. The summed E-state index contributed by atoms with van der Waals surface area (Å²) >= 11 is 5.95. The maximum absolute atomic E-state index is 13.6. The van der Waals surface area contributed by atoms with Crippen LogP contribution in [0.4, 0.5) is 15.9 Å².